The minimum Gasteiger partial charge on any atom is -0.394 e. The molecule has 19 heavy (non-hydrogen) atoms. The number of aliphatic hydroxyl groups is 1. The molecule has 0 fully saturated rings. The summed E-state index contributed by atoms with van der Waals surface area (Å²) in [6.07, 6.45) is 1.54. The Bertz CT molecular complexity index is 573. The highest BCUT2D eigenvalue weighted by molar-refractivity contribution is 5.45. The van der Waals surface area contributed by atoms with Gasteiger partial charge in [0.1, 0.15) is 11.5 Å². The van der Waals surface area contributed by atoms with Gasteiger partial charge in [-0.1, -0.05) is 5.21 Å². The summed E-state index contributed by atoms with van der Waals surface area (Å²) < 4.78 is 40.6. The molecule has 1 aromatic heterocycles. The van der Waals surface area contributed by atoms with Crippen LogP contribution in [0.4, 0.5) is 18.9 Å². The lowest BCUT2D eigenvalue weighted by Crippen LogP contribution is -2.04. The van der Waals surface area contributed by atoms with Gasteiger partial charge in [0.15, 0.2) is 11.6 Å². The van der Waals surface area contributed by atoms with E-state index < -0.39 is 17.5 Å². The third-order valence-corrected chi connectivity index (χ3v) is 2.37. The molecular formula is C11H11F3N4O. The number of nitrogens with zero attached hydrogens (tertiary/aromatic N) is 3. The fourth-order valence-corrected chi connectivity index (χ4v) is 1.50. The van der Waals surface area contributed by atoms with Crippen molar-refractivity contribution in [3.05, 3.63) is 41.5 Å². The van der Waals surface area contributed by atoms with E-state index in [2.05, 4.69) is 15.6 Å². The van der Waals surface area contributed by atoms with Crippen molar-refractivity contribution in [1.29, 1.82) is 0 Å². The van der Waals surface area contributed by atoms with E-state index in [0.29, 0.717) is 11.8 Å². The summed E-state index contributed by atoms with van der Waals surface area (Å²) in [5.41, 5.74) is 0.173. The average molecular weight is 272 g/mol. The van der Waals surface area contributed by atoms with E-state index >= 15 is 0 Å². The first-order valence-electron chi connectivity index (χ1n) is 5.48. The second-order valence-electron chi connectivity index (χ2n) is 3.80. The van der Waals surface area contributed by atoms with Crippen LogP contribution >= 0.6 is 0 Å². The van der Waals surface area contributed by atoms with Gasteiger partial charge in [0, 0.05) is 12.1 Å². The molecular weight excluding hydrogens is 261 g/mol. The molecule has 1 aromatic carbocycles. The molecule has 0 bridgehead atoms. The summed E-state index contributed by atoms with van der Waals surface area (Å²) in [6, 6.07) is 1.33. The first-order valence-corrected chi connectivity index (χ1v) is 5.48. The second kappa shape index (κ2) is 5.70. The molecule has 2 rings (SSSR count). The summed E-state index contributed by atoms with van der Waals surface area (Å²) in [6.45, 7) is 0.265. The van der Waals surface area contributed by atoms with E-state index in [-0.39, 0.29) is 25.4 Å². The number of halogens is 3. The molecule has 1 heterocycles. The fourth-order valence-electron chi connectivity index (χ4n) is 1.50. The third kappa shape index (κ3) is 3.22. The zero-order chi connectivity index (χ0) is 13.8. The number of nitrogens with one attached hydrogen (secondary N) is 1. The lowest BCUT2D eigenvalue weighted by Gasteiger charge is -2.06. The van der Waals surface area contributed by atoms with Crippen molar-refractivity contribution in [2.24, 2.45) is 0 Å². The first kappa shape index (κ1) is 13.3. The van der Waals surface area contributed by atoms with E-state index in [0.717, 1.165) is 6.07 Å². The van der Waals surface area contributed by atoms with E-state index in [9.17, 15) is 13.2 Å². The molecule has 8 heteroatoms. The minimum atomic E-state index is -1.26. The number of anilines is 1. The Kier molecular flexibility index (Phi) is 4.00. The van der Waals surface area contributed by atoms with Crippen molar-refractivity contribution >= 4 is 5.69 Å². The van der Waals surface area contributed by atoms with Gasteiger partial charge in [-0.05, 0) is 0 Å². The van der Waals surface area contributed by atoms with Crippen molar-refractivity contribution in [1.82, 2.24) is 15.0 Å². The van der Waals surface area contributed by atoms with Crippen molar-refractivity contribution in [2.75, 3.05) is 11.9 Å². The molecule has 0 amide bonds. The van der Waals surface area contributed by atoms with Crippen LogP contribution in [0.15, 0.2) is 18.3 Å². The van der Waals surface area contributed by atoms with Crippen LogP contribution < -0.4 is 5.32 Å². The minimum absolute atomic E-state index is 0.0608. The van der Waals surface area contributed by atoms with E-state index in [1.54, 1.807) is 0 Å². The van der Waals surface area contributed by atoms with Gasteiger partial charge in [0.2, 0.25) is 0 Å². The molecule has 0 aliphatic carbocycles. The van der Waals surface area contributed by atoms with Crippen molar-refractivity contribution in [3.63, 3.8) is 0 Å². The molecule has 0 radical (unpaired) electrons. The summed E-state index contributed by atoms with van der Waals surface area (Å²) in [4.78, 5) is 0. The van der Waals surface area contributed by atoms with Crippen molar-refractivity contribution in [2.45, 2.75) is 13.1 Å². The molecule has 0 aliphatic rings. The Morgan fingerprint density at radius 2 is 2.05 bits per heavy atom. The Morgan fingerprint density at radius 1 is 1.26 bits per heavy atom. The van der Waals surface area contributed by atoms with Gasteiger partial charge in [0.05, 0.1) is 31.6 Å². The smallest absolute Gasteiger partial charge is 0.182 e. The lowest BCUT2D eigenvalue weighted by molar-refractivity contribution is 0.268. The van der Waals surface area contributed by atoms with Gasteiger partial charge in [-0.15, -0.1) is 5.10 Å². The van der Waals surface area contributed by atoms with Crippen LogP contribution in [0.2, 0.25) is 0 Å². The molecule has 0 unspecified atom stereocenters. The topological polar surface area (TPSA) is 63.0 Å². The Hall–Kier alpha value is -2.09. The largest absolute Gasteiger partial charge is 0.394 e. The Morgan fingerprint density at radius 3 is 2.79 bits per heavy atom. The normalized spacial score (nSPS) is 10.7. The van der Waals surface area contributed by atoms with E-state index in [1.807, 2.05) is 0 Å². The number of hydrogen-bond donors (Lipinski definition) is 2. The zero-order valence-corrected chi connectivity index (χ0v) is 9.78. The highest BCUT2D eigenvalue weighted by Gasteiger charge is 2.11. The van der Waals surface area contributed by atoms with Gasteiger partial charge in [-0.3, -0.25) is 0 Å². The van der Waals surface area contributed by atoms with Crippen LogP contribution in [-0.4, -0.2) is 26.7 Å². The molecule has 0 atom stereocenters. The highest BCUT2D eigenvalue weighted by Crippen LogP contribution is 2.19. The van der Waals surface area contributed by atoms with Gasteiger partial charge in [0.25, 0.3) is 0 Å². The average Bonchev–Trinajstić information content (AvgIpc) is 2.80. The summed E-state index contributed by atoms with van der Waals surface area (Å²) in [5.74, 6) is -3.28. The van der Waals surface area contributed by atoms with E-state index in [4.69, 9.17) is 5.11 Å². The number of rotatable bonds is 5. The molecule has 0 aliphatic heterocycles. The van der Waals surface area contributed by atoms with Gasteiger partial charge in [-0.25, -0.2) is 17.9 Å². The maximum absolute atomic E-state index is 13.3. The molecule has 2 N–H and O–H groups in total. The standard InChI is InChI=1S/C11H11F3N4O/c12-7-3-9(13)11(14)10(4-7)15-5-8-6-18(1-2-19)17-16-8/h3-4,6,15,19H,1-2,5H2. The highest BCUT2D eigenvalue weighted by atomic mass is 19.2. The molecule has 2 aromatic rings. The van der Waals surface area contributed by atoms with Crippen LogP contribution in [0, 0.1) is 17.5 Å². The molecule has 0 saturated heterocycles. The van der Waals surface area contributed by atoms with Gasteiger partial charge < -0.3 is 10.4 Å². The second-order valence-corrected chi connectivity index (χ2v) is 3.80. The Balaban J connectivity index is 2.05. The molecule has 0 spiro atoms. The maximum Gasteiger partial charge on any atom is 0.182 e. The predicted octanol–water partition coefficient (Wildman–Crippen LogP) is 1.30. The number of benzene rings is 1. The van der Waals surface area contributed by atoms with Crippen LogP contribution in [0.3, 0.4) is 0 Å². The summed E-state index contributed by atoms with van der Waals surface area (Å²) in [5, 5.41) is 18.7. The SMILES string of the molecule is OCCn1cc(CNc2cc(F)cc(F)c2F)nn1. The molecule has 5 nitrogen and oxygen atoms in total. The van der Waals surface area contributed by atoms with Crippen molar-refractivity contribution < 1.29 is 18.3 Å². The molecule has 0 saturated carbocycles. The Labute approximate surface area is 106 Å². The summed E-state index contributed by atoms with van der Waals surface area (Å²) in [7, 11) is 0. The quantitative estimate of drug-likeness (QED) is 0.805. The number of aromatic nitrogens is 3. The predicted molar refractivity (Wildman–Crippen MR) is 60.8 cm³/mol. The fraction of sp³-hybridized carbons (Fsp3) is 0.273. The van der Waals surface area contributed by atoms with Gasteiger partial charge in [-0.2, -0.15) is 0 Å². The first-order chi connectivity index (χ1) is 9.10. The van der Waals surface area contributed by atoms with Crippen LogP contribution in [0.5, 0.6) is 0 Å². The van der Waals surface area contributed by atoms with Crippen LogP contribution in [0.1, 0.15) is 5.69 Å². The van der Waals surface area contributed by atoms with Gasteiger partial charge >= 0.3 is 0 Å². The number of aliphatic hydroxyl groups excluding tert-OH is 1. The van der Waals surface area contributed by atoms with Crippen LogP contribution in [-0.2, 0) is 13.1 Å². The maximum atomic E-state index is 13.3. The summed E-state index contributed by atoms with van der Waals surface area (Å²) >= 11 is 0. The third-order valence-electron chi connectivity index (χ3n) is 2.37. The zero-order valence-electron chi connectivity index (χ0n) is 9.78. The number of hydrogen-bond acceptors (Lipinski definition) is 4. The lowest BCUT2D eigenvalue weighted by atomic mass is 10.2. The van der Waals surface area contributed by atoms with E-state index in [1.165, 1.54) is 10.9 Å². The van der Waals surface area contributed by atoms with Crippen LogP contribution in [0.25, 0.3) is 0 Å². The molecule has 102 valence electrons. The van der Waals surface area contributed by atoms with Crippen molar-refractivity contribution in [3.8, 4) is 0 Å². The monoisotopic (exact) mass is 272 g/mol.